The number of anilines is 1. The van der Waals surface area contributed by atoms with Crippen LogP contribution in [0.5, 0.6) is 0 Å². The fraction of sp³-hybridized carbons (Fsp3) is 0.533. The Morgan fingerprint density at radius 1 is 1.21 bits per heavy atom. The minimum Gasteiger partial charge on any atom is -0.369 e. The van der Waals surface area contributed by atoms with E-state index in [0.717, 1.165) is 44.3 Å². The van der Waals surface area contributed by atoms with Gasteiger partial charge < -0.3 is 4.90 Å². The molecule has 1 saturated carbocycles. The molecule has 3 nitrogen and oxygen atoms in total. The van der Waals surface area contributed by atoms with Crippen molar-refractivity contribution in [3.8, 4) is 0 Å². The lowest BCUT2D eigenvalue weighted by molar-refractivity contribution is 0.551. The molecule has 0 atom stereocenters. The Hall–Kier alpha value is -1.67. The molecule has 1 aromatic rings. The summed E-state index contributed by atoms with van der Waals surface area (Å²) in [5.41, 5.74) is 0.992. The molecule has 19 heavy (non-hydrogen) atoms. The molecule has 0 amide bonds. The van der Waals surface area contributed by atoms with Crippen molar-refractivity contribution >= 4 is 11.8 Å². The third-order valence-electron chi connectivity index (χ3n) is 4.17. The van der Waals surface area contributed by atoms with Crippen molar-refractivity contribution in [3.05, 3.63) is 29.6 Å². The first kappa shape index (κ1) is 12.4. The van der Waals surface area contributed by atoms with E-state index in [2.05, 4.69) is 9.89 Å². The molecule has 0 unspecified atom stereocenters. The average Bonchev–Trinajstić information content (AvgIpc) is 3.21. The zero-order chi connectivity index (χ0) is 13.3. The van der Waals surface area contributed by atoms with Crippen molar-refractivity contribution < 1.29 is 9.18 Å². The minimum absolute atomic E-state index is 0.202. The molecule has 0 bridgehead atoms. The molecule has 1 aromatic carbocycles. The van der Waals surface area contributed by atoms with Crippen molar-refractivity contribution in [1.82, 2.24) is 0 Å². The van der Waals surface area contributed by atoms with E-state index >= 15 is 0 Å². The van der Waals surface area contributed by atoms with E-state index in [1.807, 2.05) is 12.1 Å². The molecule has 0 N–H and O–H groups in total. The Morgan fingerprint density at radius 3 is 2.53 bits per heavy atom. The second kappa shape index (κ2) is 4.78. The van der Waals surface area contributed by atoms with E-state index in [-0.39, 0.29) is 5.82 Å². The van der Waals surface area contributed by atoms with E-state index in [1.165, 1.54) is 12.5 Å². The minimum atomic E-state index is -0.483. The molecule has 2 aliphatic rings. The van der Waals surface area contributed by atoms with Gasteiger partial charge in [0.15, 0.2) is 0 Å². The van der Waals surface area contributed by atoms with Crippen LogP contribution in [-0.2, 0) is 10.3 Å². The summed E-state index contributed by atoms with van der Waals surface area (Å²) in [7, 11) is 0. The molecular weight excluding hydrogens is 243 g/mol. The smallest absolute Gasteiger partial charge is 0.235 e. The van der Waals surface area contributed by atoms with E-state index in [0.29, 0.717) is 5.69 Å². The van der Waals surface area contributed by atoms with Crippen molar-refractivity contribution in [2.45, 2.75) is 37.6 Å². The van der Waals surface area contributed by atoms with Gasteiger partial charge in [0.05, 0.1) is 11.2 Å². The van der Waals surface area contributed by atoms with E-state index in [1.54, 1.807) is 6.08 Å². The van der Waals surface area contributed by atoms with Gasteiger partial charge in [0.25, 0.3) is 0 Å². The Kier molecular flexibility index (Phi) is 3.11. The predicted octanol–water partition coefficient (Wildman–Crippen LogP) is 3.14. The number of carbonyl (C=O) groups excluding carboxylic acids is 1. The monoisotopic (exact) mass is 260 g/mol. The van der Waals surface area contributed by atoms with Gasteiger partial charge in [-0.05, 0) is 49.8 Å². The Balaban J connectivity index is 1.87. The summed E-state index contributed by atoms with van der Waals surface area (Å²) in [4.78, 5) is 16.4. The maximum Gasteiger partial charge on any atom is 0.235 e. The summed E-state index contributed by atoms with van der Waals surface area (Å²) in [6.45, 7) is 1.85. The SMILES string of the molecule is O=C=NC1(c2ccc(N3CCCCC3)c(F)c2)CC1. The predicted molar refractivity (Wildman–Crippen MR) is 71.5 cm³/mol. The van der Waals surface area contributed by atoms with E-state index in [4.69, 9.17) is 0 Å². The highest BCUT2D eigenvalue weighted by atomic mass is 19.1. The lowest BCUT2D eigenvalue weighted by Gasteiger charge is -2.29. The molecule has 1 saturated heterocycles. The highest BCUT2D eigenvalue weighted by Crippen LogP contribution is 2.49. The quantitative estimate of drug-likeness (QED) is 0.618. The van der Waals surface area contributed by atoms with Crippen LogP contribution in [0.15, 0.2) is 23.2 Å². The van der Waals surface area contributed by atoms with Crippen molar-refractivity contribution in [2.24, 2.45) is 4.99 Å². The van der Waals surface area contributed by atoms with Crippen LogP contribution in [0.25, 0.3) is 0 Å². The first-order valence-electron chi connectivity index (χ1n) is 6.89. The van der Waals surface area contributed by atoms with E-state index in [9.17, 15) is 9.18 Å². The van der Waals surface area contributed by atoms with Gasteiger partial charge in [0, 0.05) is 13.1 Å². The van der Waals surface area contributed by atoms with Gasteiger partial charge in [-0.2, -0.15) is 4.99 Å². The number of rotatable bonds is 3. The molecule has 0 spiro atoms. The van der Waals surface area contributed by atoms with Gasteiger partial charge in [0.1, 0.15) is 5.82 Å². The molecule has 100 valence electrons. The molecule has 0 aromatic heterocycles. The number of isocyanates is 1. The van der Waals surface area contributed by atoms with Crippen LogP contribution in [-0.4, -0.2) is 19.2 Å². The Morgan fingerprint density at radius 2 is 1.95 bits per heavy atom. The second-order valence-electron chi connectivity index (χ2n) is 5.45. The van der Waals surface area contributed by atoms with Crippen molar-refractivity contribution in [1.29, 1.82) is 0 Å². The summed E-state index contributed by atoms with van der Waals surface area (Å²) in [5, 5.41) is 0. The fourth-order valence-corrected chi connectivity index (χ4v) is 2.86. The number of piperidine rings is 1. The summed E-state index contributed by atoms with van der Waals surface area (Å²) in [6, 6.07) is 5.27. The molecule has 1 aliphatic carbocycles. The molecule has 4 heteroatoms. The topological polar surface area (TPSA) is 32.7 Å². The summed E-state index contributed by atoms with van der Waals surface area (Å²) >= 11 is 0. The number of nitrogens with zero attached hydrogens (tertiary/aromatic N) is 2. The zero-order valence-corrected chi connectivity index (χ0v) is 10.9. The van der Waals surface area contributed by atoms with Gasteiger partial charge in [-0.25, -0.2) is 9.18 Å². The second-order valence-corrected chi connectivity index (χ2v) is 5.45. The number of benzene rings is 1. The van der Waals surface area contributed by atoms with Gasteiger partial charge in [-0.15, -0.1) is 0 Å². The molecule has 1 heterocycles. The molecule has 3 rings (SSSR count). The number of hydrogen-bond donors (Lipinski definition) is 0. The van der Waals surface area contributed by atoms with Crippen LogP contribution in [0.4, 0.5) is 10.1 Å². The van der Waals surface area contributed by atoms with Gasteiger partial charge >= 0.3 is 0 Å². The fourth-order valence-electron chi connectivity index (χ4n) is 2.86. The lowest BCUT2D eigenvalue weighted by Crippen LogP contribution is -2.30. The molecule has 1 aliphatic heterocycles. The third-order valence-corrected chi connectivity index (χ3v) is 4.17. The van der Waals surface area contributed by atoms with E-state index < -0.39 is 5.54 Å². The maximum atomic E-state index is 14.3. The van der Waals surface area contributed by atoms with Crippen LogP contribution in [0.2, 0.25) is 0 Å². The number of halogens is 1. The molecule has 2 fully saturated rings. The number of aliphatic imine (C=N–C) groups is 1. The van der Waals surface area contributed by atoms with Crippen LogP contribution < -0.4 is 4.90 Å². The van der Waals surface area contributed by atoms with Crippen molar-refractivity contribution in [2.75, 3.05) is 18.0 Å². The summed E-state index contributed by atoms with van der Waals surface area (Å²) in [6.07, 6.45) is 6.71. The first-order valence-corrected chi connectivity index (χ1v) is 6.89. The highest BCUT2D eigenvalue weighted by Gasteiger charge is 2.45. The Bertz CT molecular complexity index is 527. The molecular formula is C15H17FN2O. The maximum absolute atomic E-state index is 14.3. The van der Waals surface area contributed by atoms with Crippen LogP contribution in [0, 0.1) is 5.82 Å². The summed E-state index contributed by atoms with van der Waals surface area (Å²) in [5.74, 6) is -0.202. The summed E-state index contributed by atoms with van der Waals surface area (Å²) < 4.78 is 14.3. The average molecular weight is 260 g/mol. The first-order chi connectivity index (χ1) is 9.25. The lowest BCUT2D eigenvalue weighted by atomic mass is 10.0. The number of hydrogen-bond acceptors (Lipinski definition) is 3. The van der Waals surface area contributed by atoms with Gasteiger partial charge in [0.2, 0.25) is 6.08 Å². The Labute approximate surface area is 112 Å². The van der Waals surface area contributed by atoms with Crippen LogP contribution in [0.3, 0.4) is 0 Å². The zero-order valence-electron chi connectivity index (χ0n) is 10.9. The third kappa shape index (κ3) is 2.28. The van der Waals surface area contributed by atoms with Gasteiger partial charge in [-0.3, -0.25) is 0 Å². The standard InChI is InChI=1S/C15H17FN2O/c16-13-10-12(15(6-7-15)17-11-19)4-5-14(13)18-8-2-1-3-9-18/h4-5,10H,1-3,6-9H2. The molecule has 0 radical (unpaired) electrons. The van der Waals surface area contributed by atoms with Crippen molar-refractivity contribution in [3.63, 3.8) is 0 Å². The largest absolute Gasteiger partial charge is 0.369 e. The van der Waals surface area contributed by atoms with Gasteiger partial charge in [-0.1, -0.05) is 6.07 Å². The van der Waals surface area contributed by atoms with Crippen LogP contribution >= 0.6 is 0 Å². The van der Waals surface area contributed by atoms with Crippen LogP contribution in [0.1, 0.15) is 37.7 Å². The normalized spacial score (nSPS) is 20.8. The highest BCUT2D eigenvalue weighted by molar-refractivity contribution is 5.52.